The van der Waals surface area contributed by atoms with E-state index < -0.39 is 5.92 Å². The minimum atomic E-state index is -2.69. The molecule has 3 aromatic rings. The Bertz CT molecular complexity index is 1300. The van der Waals surface area contributed by atoms with Crippen molar-refractivity contribution in [2.45, 2.75) is 56.8 Å². The molecule has 38 heavy (non-hydrogen) atoms. The summed E-state index contributed by atoms with van der Waals surface area (Å²) in [7, 11) is 0. The first-order chi connectivity index (χ1) is 18.2. The van der Waals surface area contributed by atoms with E-state index in [0.29, 0.717) is 23.1 Å². The standard InChI is InChI=1S/C26H28F2N8O2/c1-16(37)29-22-10-8-20(32-34-22)17-4-2-5-18(12-17)21-9-11-23(35-33-21)31-25(38)13-19-6-3-7-24(30-19)36-14-26(27,28)15-36/h3,6-11,17-18H,2,4-5,12-15H2,1H3,(H,29,34,37)(H,31,35,38)/t17-,18-/m0/s1. The predicted octanol–water partition coefficient (Wildman–Crippen LogP) is 3.70. The summed E-state index contributed by atoms with van der Waals surface area (Å²) in [6.07, 6.45) is 3.86. The van der Waals surface area contributed by atoms with Crippen molar-refractivity contribution < 1.29 is 18.4 Å². The predicted molar refractivity (Wildman–Crippen MR) is 136 cm³/mol. The molecule has 0 spiro atoms. The molecule has 0 bridgehead atoms. The van der Waals surface area contributed by atoms with E-state index in [1.54, 1.807) is 30.3 Å². The molecule has 2 aliphatic rings. The fourth-order valence-electron chi connectivity index (χ4n) is 4.93. The van der Waals surface area contributed by atoms with Crippen LogP contribution in [0.1, 0.15) is 61.5 Å². The second kappa shape index (κ2) is 10.7. The molecular weight excluding hydrogens is 494 g/mol. The third-order valence-electron chi connectivity index (χ3n) is 6.75. The summed E-state index contributed by atoms with van der Waals surface area (Å²) in [4.78, 5) is 29.5. The number of carbonyl (C=O) groups excluding carboxylic acids is 2. The molecule has 3 aromatic heterocycles. The number of pyridine rings is 1. The van der Waals surface area contributed by atoms with E-state index in [1.165, 1.54) is 11.8 Å². The van der Waals surface area contributed by atoms with Crippen molar-refractivity contribution in [1.29, 1.82) is 0 Å². The molecule has 0 unspecified atom stereocenters. The van der Waals surface area contributed by atoms with Crippen LogP contribution in [0.4, 0.5) is 26.2 Å². The van der Waals surface area contributed by atoms with Gasteiger partial charge in [0.1, 0.15) is 5.82 Å². The van der Waals surface area contributed by atoms with Gasteiger partial charge in [-0.2, -0.15) is 10.2 Å². The molecule has 2 N–H and O–H groups in total. The van der Waals surface area contributed by atoms with Crippen molar-refractivity contribution >= 4 is 29.3 Å². The fourth-order valence-corrected chi connectivity index (χ4v) is 4.93. The van der Waals surface area contributed by atoms with E-state index in [4.69, 9.17) is 0 Å². The first-order valence-corrected chi connectivity index (χ1v) is 12.6. The summed E-state index contributed by atoms with van der Waals surface area (Å²) in [5.74, 6) is -1.54. The monoisotopic (exact) mass is 522 g/mol. The molecule has 198 valence electrons. The van der Waals surface area contributed by atoms with Crippen LogP contribution >= 0.6 is 0 Å². The van der Waals surface area contributed by atoms with Gasteiger partial charge >= 0.3 is 0 Å². The molecule has 2 fully saturated rings. The molecule has 12 heteroatoms. The van der Waals surface area contributed by atoms with Crippen molar-refractivity contribution in [2.24, 2.45) is 0 Å². The average Bonchev–Trinajstić information content (AvgIpc) is 2.88. The molecule has 1 saturated heterocycles. The van der Waals surface area contributed by atoms with Gasteiger partial charge in [0, 0.05) is 18.8 Å². The molecule has 2 atom stereocenters. The molecule has 0 radical (unpaired) electrons. The van der Waals surface area contributed by atoms with Gasteiger partial charge in [0.05, 0.1) is 36.6 Å². The topological polar surface area (TPSA) is 126 Å². The highest BCUT2D eigenvalue weighted by Crippen LogP contribution is 2.40. The number of nitrogens with one attached hydrogen (secondary N) is 2. The number of anilines is 3. The average molecular weight is 523 g/mol. The highest BCUT2D eigenvalue weighted by molar-refractivity contribution is 5.91. The maximum atomic E-state index is 13.2. The van der Waals surface area contributed by atoms with Crippen LogP contribution in [0.25, 0.3) is 0 Å². The SMILES string of the molecule is CC(=O)Nc1ccc([C@H]2CCC[C@H](c3ccc(NC(=O)Cc4cccc(N5CC(F)(F)C5)n4)nn3)C2)nn1. The minimum Gasteiger partial charge on any atom is -0.344 e. The maximum absolute atomic E-state index is 13.2. The number of aromatic nitrogens is 5. The Morgan fingerprint density at radius 3 is 2.11 bits per heavy atom. The number of hydrogen-bond donors (Lipinski definition) is 2. The van der Waals surface area contributed by atoms with E-state index in [1.807, 2.05) is 12.1 Å². The Morgan fingerprint density at radius 1 is 0.921 bits per heavy atom. The van der Waals surface area contributed by atoms with Gasteiger partial charge in [-0.25, -0.2) is 13.8 Å². The van der Waals surface area contributed by atoms with Crippen molar-refractivity contribution in [3.05, 3.63) is 59.5 Å². The van der Waals surface area contributed by atoms with Crippen LogP contribution in [0.2, 0.25) is 0 Å². The van der Waals surface area contributed by atoms with Gasteiger partial charge in [-0.1, -0.05) is 12.5 Å². The smallest absolute Gasteiger partial charge is 0.282 e. The van der Waals surface area contributed by atoms with Crippen molar-refractivity contribution in [3.63, 3.8) is 0 Å². The molecule has 4 heterocycles. The lowest BCUT2D eigenvalue weighted by Crippen LogP contribution is -2.56. The third-order valence-corrected chi connectivity index (χ3v) is 6.75. The summed E-state index contributed by atoms with van der Waals surface area (Å²) >= 11 is 0. The van der Waals surface area contributed by atoms with E-state index in [-0.39, 0.29) is 43.2 Å². The number of halogens is 2. The molecule has 10 nitrogen and oxygen atoms in total. The summed E-state index contributed by atoms with van der Waals surface area (Å²) in [5, 5.41) is 22.3. The van der Waals surface area contributed by atoms with E-state index >= 15 is 0 Å². The molecule has 1 aliphatic carbocycles. The zero-order valence-electron chi connectivity index (χ0n) is 20.9. The summed E-state index contributed by atoms with van der Waals surface area (Å²) in [5.41, 5.74) is 2.23. The van der Waals surface area contributed by atoms with Crippen LogP contribution in [0.15, 0.2) is 42.5 Å². The summed E-state index contributed by atoms with van der Waals surface area (Å²) < 4.78 is 26.3. The lowest BCUT2D eigenvalue weighted by molar-refractivity contribution is -0.116. The number of nitrogens with zero attached hydrogens (tertiary/aromatic N) is 6. The zero-order chi connectivity index (χ0) is 26.7. The minimum absolute atomic E-state index is 0.00638. The first-order valence-electron chi connectivity index (χ1n) is 12.6. The highest BCUT2D eigenvalue weighted by atomic mass is 19.3. The number of rotatable bonds is 7. The van der Waals surface area contributed by atoms with Gasteiger partial charge in [-0.3, -0.25) is 9.59 Å². The van der Waals surface area contributed by atoms with Gasteiger partial charge in [-0.05, 0) is 55.7 Å². The van der Waals surface area contributed by atoms with Gasteiger partial charge in [0.2, 0.25) is 11.8 Å². The lowest BCUT2D eigenvalue weighted by Gasteiger charge is -2.39. The highest BCUT2D eigenvalue weighted by Gasteiger charge is 2.44. The van der Waals surface area contributed by atoms with Crippen LogP contribution in [0.5, 0.6) is 0 Å². The van der Waals surface area contributed by atoms with Crippen LogP contribution in [0, 0.1) is 0 Å². The molecule has 5 rings (SSSR count). The lowest BCUT2D eigenvalue weighted by atomic mass is 9.78. The van der Waals surface area contributed by atoms with Crippen LogP contribution in [-0.2, 0) is 16.0 Å². The Kier molecular flexibility index (Phi) is 7.21. The van der Waals surface area contributed by atoms with E-state index in [0.717, 1.165) is 37.1 Å². The molecule has 1 aliphatic heterocycles. The summed E-state index contributed by atoms with van der Waals surface area (Å²) in [6, 6.07) is 12.3. The Balaban J connectivity index is 1.15. The number of hydrogen-bond acceptors (Lipinski definition) is 8. The largest absolute Gasteiger partial charge is 0.344 e. The third kappa shape index (κ3) is 6.24. The van der Waals surface area contributed by atoms with E-state index in [2.05, 4.69) is 36.0 Å². The molecule has 0 aromatic carbocycles. The Morgan fingerprint density at radius 2 is 1.55 bits per heavy atom. The van der Waals surface area contributed by atoms with Crippen molar-refractivity contribution in [2.75, 3.05) is 28.6 Å². The van der Waals surface area contributed by atoms with Gasteiger partial charge in [-0.15, -0.1) is 10.2 Å². The molecule has 2 amide bonds. The van der Waals surface area contributed by atoms with Gasteiger partial charge < -0.3 is 15.5 Å². The number of carbonyl (C=O) groups is 2. The fraction of sp³-hybridized carbons (Fsp3) is 0.423. The number of alkyl halides is 2. The second-order valence-electron chi connectivity index (χ2n) is 9.85. The van der Waals surface area contributed by atoms with Gasteiger partial charge in [0.25, 0.3) is 5.92 Å². The molecular formula is C26H28F2N8O2. The van der Waals surface area contributed by atoms with E-state index in [9.17, 15) is 18.4 Å². The second-order valence-corrected chi connectivity index (χ2v) is 9.85. The normalized spacial score (nSPS) is 20.3. The Hall–Kier alpha value is -4.09. The van der Waals surface area contributed by atoms with Crippen LogP contribution < -0.4 is 15.5 Å². The summed E-state index contributed by atoms with van der Waals surface area (Å²) in [6.45, 7) is 0.701. The van der Waals surface area contributed by atoms with Gasteiger partial charge in [0.15, 0.2) is 11.6 Å². The zero-order valence-corrected chi connectivity index (χ0v) is 20.9. The first kappa shape index (κ1) is 25.6. The Labute approximate surface area is 218 Å². The van der Waals surface area contributed by atoms with Crippen molar-refractivity contribution in [3.8, 4) is 0 Å². The van der Waals surface area contributed by atoms with Crippen molar-refractivity contribution in [1.82, 2.24) is 25.4 Å². The molecule has 1 saturated carbocycles. The van der Waals surface area contributed by atoms with Crippen LogP contribution in [-0.4, -0.2) is 56.2 Å². The maximum Gasteiger partial charge on any atom is 0.282 e. The number of amides is 2. The van der Waals surface area contributed by atoms with Crippen LogP contribution in [0.3, 0.4) is 0 Å². The quantitative estimate of drug-likeness (QED) is 0.481.